The van der Waals surface area contributed by atoms with Gasteiger partial charge in [0.1, 0.15) is 5.76 Å². The Morgan fingerprint density at radius 2 is 2.06 bits per heavy atom. The van der Waals surface area contributed by atoms with Crippen molar-refractivity contribution in [3.8, 4) is 0 Å². The van der Waals surface area contributed by atoms with Gasteiger partial charge in [0.25, 0.3) is 0 Å². The summed E-state index contributed by atoms with van der Waals surface area (Å²) in [5.41, 5.74) is -0.122. The molecule has 0 aliphatic carbocycles. The van der Waals surface area contributed by atoms with Crippen LogP contribution in [0.1, 0.15) is 25.0 Å². The molecule has 0 amide bonds. The first-order valence-corrected chi connectivity index (χ1v) is 9.58. The minimum atomic E-state index is -5.08. The third kappa shape index (κ3) is 6.62. The highest BCUT2D eigenvalue weighted by atomic mass is 19.4. The summed E-state index contributed by atoms with van der Waals surface area (Å²) in [6.07, 6.45) is 2.05. The zero-order valence-electron chi connectivity index (χ0n) is 16.4. The van der Waals surface area contributed by atoms with E-state index in [0.717, 1.165) is 44.7 Å². The number of halogens is 4. The molecule has 0 saturated carbocycles. The molecule has 31 heavy (non-hydrogen) atoms. The normalized spacial score (nSPS) is 23.9. The van der Waals surface area contributed by atoms with Gasteiger partial charge in [0.15, 0.2) is 5.82 Å². The molecule has 2 saturated heterocycles. The number of carboxylic acid groups (broad SMARTS) is 1. The minimum Gasteiger partial charge on any atom is -0.475 e. The number of carboxylic acids is 1. The lowest BCUT2D eigenvalue weighted by molar-refractivity contribution is -0.192. The molecule has 2 aromatic heterocycles. The Balaban J connectivity index is 0.000000339. The predicted molar refractivity (Wildman–Crippen MR) is 99.6 cm³/mol. The molecule has 2 aliphatic heterocycles. The first-order chi connectivity index (χ1) is 14.7. The number of alkyl halides is 3. The number of piperidine rings is 1. The number of nitrogens with zero attached hydrogens (tertiary/aromatic N) is 3. The Labute approximate surface area is 175 Å². The maximum atomic E-state index is 12.9. The van der Waals surface area contributed by atoms with Crippen molar-refractivity contribution in [1.29, 1.82) is 0 Å². The van der Waals surface area contributed by atoms with Crippen LogP contribution in [0.3, 0.4) is 0 Å². The number of aromatic nitrogens is 2. The van der Waals surface area contributed by atoms with Crippen LogP contribution >= 0.6 is 0 Å². The fraction of sp³-hybridized carbons (Fsp3) is 0.526. The number of ether oxygens (including phenoxy) is 1. The van der Waals surface area contributed by atoms with Gasteiger partial charge in [-0.2, -0.15) is 13.2 Å². The van der Waals surface area contributed by atoms with E-state index < -0.39 is 18.0 Å². The van der Waals surface area contributed by atoms with Crippen LogP contribution in [0.5, 0.6) is 0 Å². The van der Waals surface area contributed by atoms with Gasteiger partial charge in [-0.3, -0.25) is 4.90 Å². The van der Waals surface area contributed by atoms with Gasteiger partial charge in [-0.25, -0.2) is 19.2 Å². The number of likely N-dealkylation sites (tertiary alicyclic amines) is 1. The van der Waals surface area contributed by atoms with Gasteiger partial charge in [0.05, 0.1) is 43.5 Å². The van der Waals surface area contributed by atoms with Crippen molar-refractivity contribution in [2.75, 3.05) is 25.0 Å². The molecule has 2 atom stereocenters. The second-order valence-corrected chi connectivity index (χ2v) is 7.46. The van der Waals surface area contributed by atoms with E-state index in [1.54, 1.807) is 6.26 Å². The Morgan fingerprint density at radius 1 is 1.35 bits per heavy atom. The van der Waals surface area contributed by atoms with E-state index in [-0.39, 0.29) is 11.6 Å². The summed E-state index contributed by atoms with van der Waals surface area (Å²) in [5.74, 6) is -1.75. The van der Waals surface area contributed by atoms with E-state index in [2.05, 4.69) is 20.2 Å². The van der Waals surface area contributed by atoms with E-state index >= 15 is 0 Å². The SMILES string of the molecule is Fc1cnc(NC2COC3(CCCN(Cc4ccco4)C3)C2)nc1.O=C(O)C(F)(F)F. The molecular formula is C19H22F4N4O4. The number of hydrogen-bond donors (Lipinski definition) is 2. The topological polar surface area (TPSA) is 101 Å². The molecule has 2 fully saturated rings. The lowest BCUT2D eigenvalue weighted by atomic mass is 9.88. The quantitative estimate of drug-likeness (QED) is 0.692. The van der Waals surface area contributed by atoms with Gasteiger partial charge in [0, 0.05) is 13.0 Å². The average Bonchev–Trinajstić information content (AvgIpc) is 3.34. The van der Waals surface area contributed by atoms with Crippen molar-refractivity contribution in [2.45, 2.75) is 43.6 Å². The predicted octanol–water partition coefficient (Wildman–Crippen LogP) is 3.08. The van der Waals surface area contributed by atoms with Gasteiger partial charge >= 0.3 is 12.1 Å². The lowest BCUT2D eigenvalue weighted by Gasteiger charge is -2.39. The maximum absolute atomic E-state index is 12.9. The van der Waals surface area contributed by atoms with E-state index in [4.69, 9.17) is 19.1 Å². The van der Waals surface area contributed by atoms with Gasteiger partial charge in [-0.1, -0.05) is 0 Å². The van der Waals surface area contributed by atoms with Gasteiger partial charge in [0.2, 0.25) is 5.95 Å². The van der Waals surface area contributed by atoms with E-state index in [9.17, 15) is 17.6 Å². The standard InChI is InChI=1S/C17H21FN4O2.C2HF3O2/c18-13-8-19-16(20-9-13)21-14-7-17(24-11-14)4-2-5-22(12-17)10-15-3-1-6-23-15;3-2(4,5)1(6)7/h1,3,6,8-9,14H,2,4-5,7,10-12H2,(H,19,20,21);(H,6,7). The zero-order valence-corrected chi connectivity index (χ0v) is 16.4. The molecule has 170 valence electrons. The summed E-state index contributed by atoms with van der Waals surface area (Å²) >= 11 is 0. The third-order valence-corrected chi connectivity index (χ3v) is 4.98. The molecule has 8 nitrogen and oxygen atoms in total. The number of nitrogens with one attached hydrogen (secondary N) is 1. The number of aliphatic carboxylic acids is 1. The second-order valence-electron chi connectivity index (χ2n) is 7.46. The maximum Gasteiger partial charge on any atom is 0.490 e. The van der Waals surface area contributed by atoms with Crippen LogP contribution in [0.25, 0.3) is 0 Å². The van der Waals surface area contributed by atoms with Gasteiger partial charge < -0.3 is 19.6 Å². The highest BCUT2D eigenvalue weighted by Gasteiger charge is 2.43. The molecule has 1 spiro atoms. The molecule has 0 aromatic carbocycles. The van der Waals surface area contributed by atoms with Gasteiger partial charge in [-0.15, -0.1) is 0 Å². The van der Waals surface area contributed by atoms with Crippen LogP contribution in [0, 0.1) is 5.82 Å². The molecule has 12 heteroatoms. The number of furan rings is 1. The summed E-state index contributed by atoms with van der Waals surface area (Å²) in [5, 5.41) is 10.4. The summed E-state index contributed by atoms with van der Waals surface area (Å²) < 4.78 is 56.3. The Hall–Kier alpha value is -2.73. The molecule has 2 unspecified atom stereocenters. The second kappa shape index (κ2) is 9.60. The first kappa shape index (κ1) is 22.9. The lowest BCUT2D eigenvalue weighted by Crippen LogP contribution is -2.47. The van der Waals surface area contributed by atoms with Crippen LogP contribution in [0.2, 0.25) is 0 Å². The average molecular weight is 446 g/mol. The molecule has 0 radical (unpaired) electrons. The van der Waals surface area contributed by atoms with E-state index in [1.807, 2.05) is 12.1 Å². The highest BCUT2D eigenvalue weighted by molar-refractivity contribution is 5.73. The summed E-state index contributed by atoms with van der Waals surface area (Å²) in [4.78, 5) is 19.2. The van der Waals surface area contributed by atoms with Crippen molar-refractivity contribution in [1.82, 2.24) is 14.9 Å². The molecule has 0 bridgehead atoms. The van der Waals surface area contributed by atoms with Crippen molar-refractivity contribution < 1.29 is 36.6 Å². The van der Waals surface area contributed by atoms with Crippen molar-refractivity contribution in [3.05, 3.63) is 42.4 Å². The number of carbonyl (C=O) groups is 1. The third-order valence-electron chi connectivity index (χ3n) is 4.98. The largest absolute Gasteiger partial charge is 0.490 e. The van der Waals surface area contributed by atoms with Crippen molar-refractivity contribution in [3.63, 3.8) is 0 Å². The Morgan fingerprint density at radius 3 is 2.68 bits per heavy atom. The molecule has 4 rings (SSSR count). The molecule has 2 aromatic rings. The van der Waals surface area contributed by atoms with Crippen LogP contribution in [-0.4, -0.2) is 63.5 Å². The molecule has 2 aliphatic rings. The smallest absolute Gasteiger partial charge is 0.475 e. The monoisotopic (exact) mass is 446 g/mol. The minimum absolute atomic E-state index is 0.122. The molecule has 2 N–H and O–H groups in total. The number of hydrogen-bond acceptors (Lipinski definition) is 7. The van der Waals surface area contributed by atoms with Crippen LogP contribution in [-0.2, 0) is 16.1 Å². The number of rotatable bonds is 4. The summed E-state index contributed by atoms with van der Waals surface area (Å²) in [7, 11) is 0. The van der Waals surface area contributed by atoms with Gasteiger partial charge in [-0.05, 0) is 31.5 Å². The highest BCUT2D eigenvalue weighted by Crippen LogP contribution is 2.36. The summed E-state index contributed by atoms with van der Waals surface area (Å²) in [6.45, 7) is 3.40. The number of anilines is 1. The van der Waals surface area contributed by atoms with E-state index in [0.29, 0.717) is 12.6 Å². The summed E-state index contributed by atoms with van der Waals surface area (Å²) in [6, 6.07) is 4.08. The van der Waals surface area contributed by atoms with Crippen LogP contribution in [0.15, 0.2) is 35.2 Å². The molecular weight excluding hydrogens is 424 g/mol. The van der Waals surface area contributed by atoms with Crippen molar-refractivity contribution in [2.24, 2.45) is 0 Å². The Bertz CT molecular complexity index is 848. The van der Waals surface area contributed by atoms with E-state index in [1.165, 1.54) is 12.4 Å². The first-order valence-electron chi connectivity index (χ1n) is 9.58. The molecule has 4 heterocycles. The zero-order chi connectivity index (χ0) is 22.5. The fourth-order valence-electron chi connectivity index (χ4n) is 3.74. The Kier molecular flexibility index (Phi) is 7.11. The van der Waals surface area contributed by atoms with Crippen molar-refractivity contribution >= 4 is 11.9 Å². The van der Waals surface area contributed by atoms with Crippen LogP contribution in [0.4, 0.5) is 23.5 Å². The fourth-order valence-corrected chi connectivity index (χ4v) is 3.74. The van der Waals surface area contributed by atoms with Crippen LogP contribution < -0.4 is 5.32 Å².